The highest BCUT2D eigenvalue weighted by Crippen LogP contribution is 2.34. The fraction of sp³-hybridized carbons (Fsp3) is 0.714. The number of aliphatic carboxylic acids is 1. The van der Waals surface area contributed by atoms with Crippen molar-refractivity contribution >= 4 is 11.8 Å². The molecule has 0 aliphatic heterocycles. The molecule has 0 radical (unpaired) electrons. The fourth-order valence-electron chi connectivity index (χ4n) is 3.45. The number of hydrogen-bond acceptors (Lipinski definition) is 4. The molecule has 4 atom stereocenters. The van der Waals surface area contributed by atoms with E-state index in [-0.39, 0.29) is 30.5 Å². The highest BCUT2D eigenvalue weighted by atomic mass is 16.4. The maximum absolute atomic E-state index is 12.2. The largest absolute Gasteiger partial charge is 0.481 e. The third-order valence-electron chi connectivity index (χ3n) is 5.05. The maximum atomic E-state index is 12.2. The maximum Gasteiger partial charge on any atom is 0.303 e. The van der Waals surface area contributed by atoms with Gasteiger partial charge >= 0.3 is 5.97 Å². The first kappa shape index (κ1) is 22.6. The smallest absolute Gasteiger partial charge is 0.303 e. The molecule has 0 bridgehead atoms. The van der Waals surface area contributed by atoms with E-state index in [0.29, 0.717) is 25.7 Å². The minimum absolute atomic E-state index is 0.0869. The van der Waals surface area contributed by atoms with E-state index in [4.69, 9.17) is 5.11 Å². The Morgan fingerprint density at radius 1 is 1.27 bits per heavy atom. The lowest BCUT2D eigenvalue weighted by Gasteiger charge is -2.22. The second kappa shape index (κ2) is 11.3. The van der Waals surface area contributed by atoms with Crippen molar-refractivity contribution < 1.29 is 24.9 Å². The first-order valence-corrected chi connectivity index (χ1v) is 9.73. The fourth-order valence-corrected chi connectivity index (χ4v) is 3.45. The first-order valence-electron chi connectivity index (χ1n) is 9.73. The number of aliphatic hydroxyl groups excluding tert-OH is 1. The van der Waals surface area contributed by atoms with Gasteiger partial charge in [-0.05, 0) is 39.0 Å². The van der Waals surface area contributed by atoms with Gasteiger partial charge in [0.15, 0.2) is 0 Å². The standard InChI is InChI=1S/C21H34O5/c1-3-4-13-21(2,26)14-9-11-17-16(18(22)15-19(17)23)10-7-5-6-8-12-20(24)25/h5-6,9,11,16-17,19,23,26H,3-4,7-8,10,12-15H2,1-2H3,(H,24,25)/b6-5-,11-9+/t16-,17-,19-,21?/m1/s1. The van der Waals surface area contributed by atoms with Gasteiger partial charge in [0, 0.05) is 24.7 Å². The van der Waals surface area contributed by atoms with Gasteiger partial charge in [0.1, 0.15) is 5.78 Å². The summed E-state index contributed by atoms with van der Waals surface area (Å²) in [5, 5.41) is 29.1. The summed E-state index contributed by atoms with van der Waals surface area (Å²) in [6.07, 6.45) is 12.3. The predicted octanol–water partition coefficient (Wildman–Crippen LogP) is 3.64. The number of allylic oxidation sites excluding steroid dienone is 2. The lowest BCUT2D eigenvalue weighted by molar-refractivity contribution is -0.136. The van der Waals surface area contributed by atoms with Gasteiger partial charge < -0.3 is 15.3 Å². The number of rotatable bonds is 12. The van der Waals surface area contributed by atoms with Crippen molar-refractivity contribution in [3.8, 4) is 0 Å². The summed E-state index contributed by atoms with van der Waals surface area (Å²) >= 11 is 0. The van der Waals surface area contributed by atoms with Crippen LogP contribution < -0.4 is 0 Å². The van der Waals surface area contributed by atoms with Crippen LogP contribution in [0.1, 0.15) is 71.6 Å². The van der Waals surface area contributed by atoms with Crippen molar-refractivity contribution in [2.24, 2.45) is 11.8 Å². The summed E-state index contributed by atoms with van der Waals surface area (Å²) in [7, 11) is 0. The molecule has 1 unspecified atom stereocenters. The van der Waals surface area contributed by atoms with E-state index in [9.17, 15) is 19.8 Å². The molecular weight excluding hydrogens is 332 g/mol. The lowest BCUT2D eigenvalue weighted by atomic mass is 9.88. The molecule has 0 aromatic rings. The topological polar surface area (TPSA) is 94.8 Å². The van der Waals surface area contributed by atoms with Gasteiger partial charge in [0.05, 0.1) is 11.7 Å². The second-order valence-corrected chi connectivity index (χ2v) is 7.64. The summed E-state index contributed by atoms with van der Waals surface area (Å²) in [6.45, 7) is 3.91. The quantitative estimate of drug-likeness (QED) is 0.458. The lowest BCUT2D eigenvalue weighted by Crippen LogP contribution is -2.23. The van der Waals surface area contributed by atoms with E-state index in [0.717, 1.165) is 19.3 Å². The number of carboxylic acids is 1. The van der Waals surface area contributed by atoms with Crippen molar-refractivity contribution in [3.05, 3.63) is 24.3 Å². The number of carboxylic acid groups (broad SMARTS) is 1. The van der Waals surface area contributed by atoms with Gasteiger partial charge in [0.2, 0.25) is 0 Å². The Balaban J connectivity index is 2.52. The Morgan fingerprint density at radius 3 is 2.62 bits per heavy atom. The highest BCUT2D eigenvalue weighted by Gasteiger charge is 2.39. The minimum atomic E-state index is -0.816. The van der Waals surface area contributed by atoms with Gasteiger partial charge in [-0.2, -0.15) is 0 Å². The van der Waals surface area contributed by atoms with Crippen molar-refractivity contribution in [1.82, 2.24) is 0 Å². The van der Waals surface area contributed by atoms with Crippen LogP contribution in [0.25, 0.3) is 0 Å². The Morgan fingerprint density at radius 2 is 1.96 bits per heavy atom. The van der Waals surface area contributed by atoms with E-state index in [1.54, 1.807) is 0 Å². The molecular formula is C21H34O5. The van der Waals surface area contributed by atoms with Gasteiger partial charge in [-0.15, -0.1) is 0 Å². The van der Waals surface area contributed by atoms with E-state index in [1.807, 2.05) is 31.2 Å². The number of carbonyl (C=O) groups is 2. The number of hydrogen-bond donors (Lipinski definition) is 3. The number of Topliss-reactive ketones (excluding diaryl/α,β-unsaturated/α-hetero) is 1. The average molecular weight is 366 g/mol. The molecule has 5 nitrogen and oxygen atoms in total. The van der Waals surface area contributed by atoms with Crippen LogP contribution in [0.5, 0.6) is 0 Å². The second-order valence-electron chi connectivity index (χ2n) is 7.64. The van der Waals surface area contributed by atoms with Gasteiger partial charge in [-0.1, -0.05) is 44.1 Å². The molecule has 0 aromatic heterocycles. The van der Waals surface area contributed by atoms with Crippen molar-refractivity contribution in [2.75, 3.05) is 0 Å². The van der Waals surface area contributed by atoms with Gasteiger partial charge in [-0.3, -0.25) is 9.59 Å². The summed E-state index contributed by atoms with van der Waals surface area (Å²) < 4.78 is 0. The summed E-state index contributed by atoms with van der Waals surface area (Å²) in [4.78, 5) is 22.6. The number of unbranched alkanes of at least 4 members (excludes halogenated alkanes) is 1. The van der Waals surface area contributed by atoms with Crippen LogP contribution in [0.15, 0.2) is 24.3 Å². The Bertz CT molecular complexity index is 507. The first-order chi connectivity index (χ1) is 12.3. The van der Waals surface area contributed by atoms with Crippen molar-refractivity contribution in [2.45, 2.75) is 83.3 Å². The predicted molar refractivity (Wildman–Crippen MR) is 102 cm³/mol. The molecule has 0 amide bonds. The molecule has 0 heterocycles. The van der Waals surface area contributed by atoms with Gasteiger partial charge in [0.25, 0.3) is 0 Å². The minimum Gasteiger partial charge on any atom is -0.481 e. The Hall–Kier alpha value is -1.46. The Labute approximate surface area is 156 Å². The molecule has 0 spiro atoms. The normalized spacial score (nSPS) is 26.0. The monoisotopic (exact) mass is 366 g/mol. The molecule has 1 aliphatic rings. The van der Waals surface area contributed by atoms with Crippen LogP contribution >= 0.6 is 0 Å². The molecule has 1 fully saturated rings. The SMILES string of the molecule is CCCCC(C)(O)C/C=C/[C@H]1[C@H](O)CC(=O)[C@@H]1CC/C=C\CCC(=O)O. The summed E-state index contributed by atoms with van der Waals surface area (Å²) in [6, 6.07) is 0. The molecule has 1 aliphatic carbocycles. The van der Waals surface area contributed by atoms with E-state index < -0.39 is 17.7 Å². The van der Waals surface area contributed by atoms with Crippen LogP contribution in [-0.4, -0.2) is 38.8 Å². The zero-order chi connectivity index (χ0) is 19.6. The number of ketones is 1. The zero-order valence-corrected chi connectivity index (χ0v) is 16.1. The Kier molecular flexibility index (Phi) is 9.81. The molecule has 5 heteroatoms. The zero-order valence-electron chi connectivity index (χ0n) is 16.1. The molecule has 3 N–H and O–H groups in total. The van der Waals surface area contributed by atoms with Crippen LogP contribution in [-0.2, 0) is 9.59 Å². The highest BCUT2D eigenvalue weighted by molar-refractivity contribution is 5.84. The molecule has 26 heavy (non-hydrogen) atoms. The van der Waals surface area contributed by atoms with Crippen LogP contribution in [0.2, 0.25) is 0 Å². The molecule has 0 aromatic carbocycles. The summed E-state index contributed by atoms with van der Waals surface area (Å²) in [5.74, 6) is -1.13. The third kappa shape index (κ3) is 8.28. The van der Waals surface area contributed by atoms with E-state index >= 15 is 0 Å². The average Bonchev–Trinajstić information content (AvgIpc) is 2.82. The number of carbonyl (C=O) groups excluding carboxylic acids is 1. The van der Waals surface area contributed by atoms with E-state index in [1.165, 1.54) is 0 Å². The van der Waals surface area contributed by atoms with E-state index in [2.05, 4.69) is 6.92 Å². The van der Waals surface area contributed by atoms with Crippen LogP contribution in [0.3, 0.4) is 0 Å². The van der Waals surface area contributed by atoms with Crippen molar-refractivity contribution in [1.29, 1.82) is 0 Å². The molecule has 0 saturated heterocycles. The molecule has 1 rings (SSSR count). The van der Waals surface area contributed by atoms with Crippen molar-refractivity contribution in [3.63, 3.8) is 0 Å². The van der Waals surface area contributed by atoms with Crippen LogP contribution in [0, 0.1) is 11.8 Å². The number of aliphatic hydroxyl groups is 2. The van der Waals surface area contributed by atoms with Crippen LogP contribution in [0.4, 0.5) is 0 Å². The molecule has 148 valence electrons. The summed E-state index contributed by atoms with van der Waals surface area (Å²) in [5.41, 5.74) is -0.748. The van der Waals surface area contributed by atoms with Gasteiger partial charge in [-0.25, -0.2) is 0 Å². The third-order valence-corrected chi connectivity index (χ3v) is 5.05. The molecule has 1 saturated carbocycles.